The normalized spacial score (nSPS) is 30.5. The predicted octanol–water partition coefficient (Wildman–Crippen LogP) is 5.71. The van der Waals surface area contributed by atoms with Crippen LogP contribution >= 0.6 is 0 Å². The second-order valence-electron chi connectivity index (χ2n) is 22.2. The molecule has 0 radical (unpaired) electrons. The number of amides is 1. The van der Waals surface area contributed by atoms with Crippen LogP contribution in [0.25, 0.3) is 0 Å². The molecule has 17 atom stereocenters. The Bertz CT molecular complexity index is 1590. The van der Waals surface area contributed by atoms with Crippen LogP contribution in [0, 0.1) is 0 Å². The van der Waals surface area contributed by atoms with Crippen LogP contribution in [-0.2, 0) is 33.2 Å². The van der Waals surface area contributed by atoms with Crippen molar-refractivity contribution in [3.63, 3.8) is 0 Å². The molecule has 3 rings (SSSR count). The van der Waals surface area contributed by atoms with Crippen LogP contribution in [0.5, 0.6) is 0 Å². The molecule has 19 heteroatoms. The minimum absolute atomic E-state index is 0.225. The quantitative estimate of drug-likeness (QED) is 0.0257. The molecule has 3 heterocycles. The van der Waals surface area contributed by atoms with Crippen LogP contribution in [0.2, 0.25) is 0 Å². The Morgan fingerprint density at radius 2 is 0.810 bits per heavy atom. The number of ether oxygens (including phenoxy) is 6. The summed E-state index contributed by atoms with van der Waals surface area (Å²) in [5, 5.41) is 120. The Labute approximate surface area is 472 Å². The number of unbranched alkanes of at least 4 members (excludes halogenated alkanes) is 25. The molecule has 3 saturated heterocycles. The first-order valence-electron chi connectivity index (χ1n) is 30.7. The maximum atomic E-state index is 13.3. The Kier molecular flexibility index (Phi) is 39.4. The minimum atomic E-state index is -1.98. The molecule has 1 amide bonds. The Morgan fingerprint density at radius 1 is 0.443 bits per heavy atom. The van der Waals surface area contributed by atoms with Crippen molar-refractivity contribution in [2.75, 3.05) is 26.4 Å². The lowest BCUT2D eigenvalue weighted by Crippen LogP contribution is -2.66. The van der Waals surface area contributed by atoms with Crippen molar-refractivity contribution < 1.29 is 89.4 Å². The molecule has 3 aliphatic rings. The number of allylic oxidation sites excluding steroid dienone is 5. The van der Waals surface area contributed by atoms with Crippen LogP contribution in [-0.4, -0.2) is 193 Å². The standard InChI is InChI=1S/C60H109NO18/c1-3-5-7-9-11-13-15-17-18-19-20-21-22-23-24-26-27-29-31-33-35-37-44(65)43(61-48(66)38-36-34-32-30-28-25-16-14-12-10-8-6-4-2)42-74-58-54(72)51(69)56(46(40-63)76-58)79-60-55(73)52(70)57(47(41-64)77-60)78-59-53(71)50(68)49(67)45(39-62)75-59/h14,16,27,29,35,37,43-47,49-60,62-65,67-73H,3-13,15,17-26,28,30-34,36,38-42H2,1-2H3,(H,61,66)/b16-14-,29-27+,37-35+. The highest BCUT2D eigenvalue weighted by molar-refractivity contribution is 5.76. The number of hydrogen-bond donors (Lipinski definition) is 12. The largest absolute Gasteiger partial charge is 0.394 e. The summed E-state index contributed by atoms with van der Waals surface area (Å²) in [6, 6.07) is -0.992. The number of rotatable bonds is 45. The van der Waals surface area contributed by atoms with Crippen LogP contribution < -0.4 is 5.32 Å². The van der Waals surface area contributed by atoms with Gasteiger partial charge in [-0.1, -0.05) is 179 Å². The molecule has 0 aromatic heterocycles. The van der Waals surface area contributed by atoms with Gasteiger partial charge in [0.05, 0.1) is 38.6 Å². The van der Waals surface area contributed by atoms with E-state index in [1.54, 1.807) is 6.08 Å². The van der Waals surface area contributed by atoms with E-state index in [0.717, 1.165) is 57.8 Å². The fourth-order valence-electron chi connectivity index (χ4n) is 10.3. The SMILES string of the molecule is CCCCCC/C=C\CCCCCCCC(=O)NC(COC1OC(CO)C(OC2OC(CO)C(OC3OC(CO)C(O)C(O)C3O)C(O)C2O)C(O)C1O)C(O)/C=C/CC/C=C/CCCCCCCCCCCCCCCCC. The Balaban J connectivity index is 1.50. The summed E-state index contributed by atoms with van der Waals surface area (Å²) >= 11 is 0. The van der Waals surface area contributed by atoms with Gasteiger partial charge in [-0.3, -0.25) is 4.79 Å². The first kappa shape index (κ1) is 71.3. The molecule has 3 fully saturated rings. The molecular weight excluding hydrogens is 1020 g/mol. The number of hydrogen-bond acceptors (Lipinski definition) is 18. The zero-order valence-electron chi connectivity index (χ0n) is 48.1. The zero-order valence-corrected chi connectivity index (χ0v) is 48.1. The fraction of sp³-hybridized carbons (Fsp3) is 0.883. The summed E-state index contributed by atoms with van der Waals surface area (Å²) in [5.74, 6) is -0.295. The van der Waals surface area contributed by atoms with E-state index in [4.69, 9.17) is 28.4 Å². The van der Waals surface area contributed by atoms with Crippen molar-refractivity contribution in [2.45, 2.75) is 311 Å². The van der Waals surface area contributed by atoms with Crippen molar-refractivity contribution in [1.82, 2.24) is 5.32 Å². The third-order valence-corrected chi connectivity index (χ3v) is 15.4. The molecule has 79 heavy (non-hydrogen) atoms. The van der Waals surface area contributed by atoms with Crippen molar-refractivity contribution in [3.05, 3.63) is 36.5 Å². The van der Waals surface area contributed by atoms with E-state index in [-0.39, 0.29) is 18.9 Å². The third kappa shape index (κ3) is 27.5. The third-order valence-electron chi connectivity index (χ3n) is 15.4. The van der Waals surface area contributed by atoms with Crippen molar-refractivity contribution in [1.29, 1.82) is 0 Å². The fourth-order valence-corrected chi connectivity index (χ4v) is 10.3. The highest BCUT2D eigenvalue weighted by Crippen LogP contribution is 2.33. The van der Waals surface area contributed by atoms with Gasteiger partial charge >= 0.3 is 0 Å². The van der Waals surface area contributed by atoms with E-state index in [1.807, 2.05) is 6.08 Å². The van der Waals surface area contributed by atoms with E-state index < -0.39 is 124 Å². The van der Waals surface area contributed by atoms with Crippen LogP contribution in [0.3, 0.4) is 0 Å². The number of carbonyl (C=O) groups is 1. The average molecular weight is 1130 g/mol. The Hall–Kier alpha value is -1.99. The van der Waals surface area contributed by atoms with E-state index in [2.05, 4.69) is 43.5 Å². The molecule has 0 aromatic carbocycles. The molecular formula is C60H109NO18. The second kappa shape index (κ2) is 43.6. The lowest BCUT2D eigenvalue weighted by Gasteiger charge is -2.48. The monoisotopic (exact) mass is 1130 g/mol. The summed E-state index contributed by atoms with van der Waals surface area (Å²) in [7, 11) is 0. The van der Waals surface area contributed by atoms with Gasteiger partial charge in [-0.2, -0.15) is 0 Å². The molecule has 0 spiro atoms. The van der Waals surface area contributed by atoms with Gasteiger partial charge in [-0.15, -0.1) is 0 Å². The second-order valence-corrected chi connectivity index (χ2v) is 22.2. The topological polar surface area (TPSA) is 307 Å². The average Bonchev–Trinajstić information content (AvgIpc) is 3.55. The zero-order chi connectivity index (χ0) is 57.6. The summed E-state index contributed by atoms with van der Waals surface area (Å²) in [5.41, 5.74) is 0. The molecule has 462 valence electrons. The lowest BCUT2D eigenvalue weighted by atomic mass is 9.96. The number of aliphatic hydroxyl groups excluding tert-OH is 11. The van der Waals surface area contributed by atoms with Gasteiger partial charge in [0.2, 0.25) is 5.91 Å². The van der Waals surface area contributed by atoms with Gasteiger partial charge in [0.15, 0.2) is 18.9 Å². The number of aliphatic hydroxyl groups is 11. The smallest absolute Gasteiger partial charge is 0.220 e. The first-order chi connectivity index (χ1) is 38.3. The lowest BCUT2D eigenvalue weighted by molar-refractivity contribution is -0.379. The Morgan fingerprint density at radius 3 is 1.28 bits per heavy atom. The molecule has 12 N–H and O–H groups in total. The summed E-state index contributed by atoms with van der Waals surface area (Å²) in [6.45, 7) is 1.68. The van der Waals surface area contributed by atoms with E-state index in [1.165, 1.54) is 116 Å². The van der Waals surface area contributed by atoms with Gasteiger partial charge in [0, 0.05) is 6.42 Å². The van der Waals surface area contributed by atoms with E-state index in [0.29, 0.717) is 12.8 Å². The van der Waals surface area contributed by atoms with Gasteiger partial charge in [-0.05, 0) is 57.8 Å². The predicted molar refractivity (Wildman–Crippen MR) is 300 cm³/mol. The summed E-state index contributed by atoms with van der Waals surface area (Å²) < 4.78 is 34.2. The number of nitrogens with one attached hydrogen (secondary N) is 1. The van der Waals surface area contributed by atoms with Crippen molar-refractivity contribution in [3.8, 4) is 0 Å². The maximum Gasteiger partial charge on any atom is 0.220 e. The molecule has 0 saturated carbocycles. The summed E-state index contributed by atoms with van der Waals surface area (Å²) in [4.78, 5) is 13.3. The van der Waals surface area contributed by atoms with Gasteiger partial charge in [0.1, 0.15) is 73.2 Å². The summed E-state index contributed by atoms with van der Waals surface area (Å²) in [6.07, 6.45) is 19.9. The van der Waals surface area contributed by atoms with Crippen LogP contribution in [0.4, 0.5) is 0 Å². The molecule has 0 aromatic rings. The molecule has 0 bridgehead atoms. The van der Waals surface area contributed by atoms with Crippen molar-refractivity contribution >= 4 is 5.91 Å². The molecule has 19 nitrogen and oxygen atoms in total. The highest BCUT2D eigenvalue weighted by atomic mass is 16.8. The molecule has 0 aliphatic carbocycles. The highest BCUT2D eigenvalue weighted by Gasteiger charge is 2.53. The van der Waals surface area contributed by atoms with Crippen LogP contribution in [0.1, 0.15) is 206 Å². The maximum absolute atomic E-state index is 13.3. The minimum Gasteiger partial charge on any atom is -0.394 e. The van der Waals surface area contributed by atoms with Gasteiger partial charge in [-0.25, -0.2) is 0 Å². The number of carbonyl (C=O) groups excluding carboxylic acids is 1. The van der Waals surface area contributed by atoms with Gasteiger partial charge in [0.25, 0.3) is 0 Å². The first-order valence-corrected chi connectivity index (χ1v) is 30.7. The molecule has 3 aliphatic heterocycles. The molecule has 17 unspecified atom stereocenters. The van der Waals surface area contributed by atoms with E-state index in [9.17, 15) is 61.0 Å². The van der Waals surface area contributed by atoms with Crippen LogP contribution in [0.15, 0.2) is 36.5 Å². The van der Waals surface area contributed by atoms with E-state index >= 15 is 0 Å². The van der Waals surface area contributed by atoms with Gasteiger partial charge < -0.3 is 89.9 Å². The van der Waals surface area contributed by atoms with Crippen molar-refractivity contribution in [2.24, 2.45) is 0 Å².